The Bertz CT molecular complexity index is 157. The molecule has 0 aromatic rings. The van der Waals surface area contributed by atoms with Crippen LogP contribution in [0.3, 0.4) is 0 Å². The first kappa shape index (κ1) is 9.47. The van der Waals surface area contributed by atoms with E-state index in [1.165, 1.54) is 45.2 Å². The van der Waals surface area contributed by atoms with E-state index < -0.39 is 0 Å². The summed E-state index contributed by atoms with van der Waals surface area (Å²) in [7, 11) is 2.18. The molecule has 2 heteroatoms. The van der Waals surface area contributed by atoms with Gasteiger partial charge in [0.1, 0.15) is 0 Å². The third-order valence-corrected chi connectivity index (χ3v) is 3.83. The second kappa shape index (κ2) is 3.97. The van der Waals surface area contributed by atoms with Gasteiger partial charge in [-0.1, -0.05) is 19.3 Å². The van der Waals surface area contributed by atoms with E-state index in [0.29, 0.717) is 6.04 Å². The molecule has 0 amide bonds. The van der Waals surface area contributed by atoms with Crippen LogP contribution in [0.1, 0.15) is 32.1 Å². The van der Waals surface area contributed by atoms with Gasteiger partial charge in [0.05, 0.1) is 0 Å². The van der Waals surface area contributed by atoms with Gasteiger partial charge < -0.3 is 10.6 Å². The summed E-state index contributed by atoms with van der Waals surface area (Å²) in [4.78, 5) is 2.37. The van der Waals surface area contributed by atoms with E-state index in [0.717, 1.165) is 11.8 Å². The van der Waals surface area contributed by atoms with Gasteiger partial charge in [-0.15, -0.1) is 0 Å². The maximum Gasteiger partial charge on any atom is 0.0120 e. The molecule has 1 saturated heterocycles. The van der Waals surface area contributed by atoms with Crippen molar-refractivity contribution >= 4 is 0 Å². The number of nitrogens with zero attached hydrogens (tertiary/aromatic N) is 1. The zero-order chi connectivity index (χ0) is 9.26. The summed E-state index contributed by atoms with van der Waals surface area (Å²) < 4.78 is 0. The number of likely N-dealkylation sites (tertiary alicyclic amines) is 1. The van der Waals surface area contributed by atoms with Crippen LogP contribution in [-0.4, -0.2) is 31.1 Å². The average Bonchev–Trinajstić information content (AvgIpc) is 2.13. The lowest BCUT2D eigenvalue weighted by Crippen LogP contribution is -2.55. The quantitative estimate of drug-likeness (QED) is 0.700. The monoisotopic (exact) mass is 182 g/mol. The van der Waals surface area contributed by atoms with Crippen LogP contribution in [0.5, 0.6) is 0 Å². The first-order chi connectivity index (χ1) is 6.27. The largest absolute Gasteiger partial charge is 0.327 e. The lowest BCUT2D eigenvalue weighted by Gasteiger charge is -2.43. The van der Waals surface area contributed by atoms with Gasteiger partial charge in [-0.25, -0.2) is 0 Å². The Morgan fingerprint density at radius 1 is 1.08 bits per heavy atom. The molecule has 0 radical (unpaired) electrons. The van der Waals surface area contributed by atoms with Crippen LogP contribution in [0.15, 0.2) is 0 Å². The van der Waals surface area contributed by atoms with Crippen molar-refractivity contribution in [3.8, 4) is 0 Å². The van der Waals surface area contributed by atoms with Gasteiger partial charge >= 0.3 is 0 Å². The molecule has 13 heavy (non-hydrogen) atoms. The maximum absolute atomic E-state index is 6.29. The van der Waals surface area contributed by atoms with Crippen molar-refractivity contribution in [3.05, 3.63) is 0 Å². The molecule has 1 saturated carbocycles. The third-order valence-electron chi connectivity index (χ3n) is 3.83. The van der Waals surface area contributed by atoms with Gasteiger partial charge in [0.15, 0.2) is 0 Å². The normalized spacial score (nSPS) is 30.0. The van der Waals surface area contributed by atoms with E-state index in [-0.39, 0.29) is 0 Å². The molecule has 0 bridgehead atoms. The van der Waals surface area contributed by atoms with Gasteiger partial charge in [0, 0.05) is 19.1 Å². The van der Waals surface area contributed by atoms with E-state index in [9.17, 15) is 0 Å². The van der Waals surface area contributed by atoms with E-state index in [1.54, 1.807) is 0 Å². The summed E-state index contributed by atoms with van der Waals surface area (Å²) in [6.45, 7) is 2.47. The molecule has 1 aliphatic heterocycles. The van der Waals surface area contributed by atoms with E-state index >= 15 is 0 Å². The molecular weight excluding hydrogens is 160 g/mol. The van der Waals surface area contributed by atoms with Gasteiger partial charge in [-0.2, -0.15) is 0 Å². The topological polar surface area (TPSA) is 29.3 Å². The molecule has 0 aromatic carbocycles. The van der Waals surface area contributed by atoms with Crippen LogP contribution in [0, 0.1) is 11.8 Å². The Balaban J connectivity index is 1.78. The van der Waals surface area contributed by atoms with Crippen molar-refractivity contribution in [2.45, 2.75) is 38.1 Å². The fourth-order valence-electron chi connectivity index (χ4n) is 2.89. The number of rotatable bonds is 2. The maximum atomic E-state index is 6.29. The second-order valence-corrected chi connectivity index (χ2v) is 4.96. The molecule has 2 nitrogen and oxygen atoms in total. The Morgan fingerprint density at radius 3 is 2.23 bits per heavy atom. The molecule has 1 heterocycles. The molecule has 2 N–H and O–H groups in total. The van der Waals surface area contributed by atoms with E-state index in [4.69, 9.17) is 5.73 Å². The van der Waals surface area contributed by atoms with Gasteiger partial charge in [-0.05, 0) is 31.7 Å². The summed E-state index contributed by atoms with van der Waals surface area (Å²) in [5.41, 5.74) is 6.29. The highest BCUT2D eigenvalue weighted by atomic mass is 15.2. The lowest BCUT2D eigenvalue weighted by molar-refractivity contribution is 0.0821. The van der Waals surface area contributed by atoms with Gasteiger partial charge in [-0.3, -0.25) is 0 Å². The molecular formula is C11H22N2. The van der Waals surface area contributed by atoms with Crippen LogP contribution < -0.4 is 5.73 Å². The molecule has 1 unspecified atom stereocenters. The van der Waals surface area contributed by atoms with Gasteiger partial charge in [0.25, 0.3) is 0 Å². The van der Waals surface area contributed by atoms with Crippen molar-refractivity contribution in [3.63, 3.8) is 0 Å². The summed E-state index contributed by atoms with van der Waals surface area (Å²) in [6, 6.07) is 0.497. The summed E-state index contributed by atoms with van der Waals surface area (Å²) in [5.74, 6) is 1.64. The molecule has 0 spiro atoms. The zero-order valence-corrected chi connectivity index (χ0v) is 8.71. The lowest BCUT2D eigenvalue weighted by atomic mass is 9.77. The molecule has 2 rings (SSSR count). The number of hydrogen-bond acceptors (Lipinski definition) is 2. The summed E-state index contributed by atoms with van der Waals surface area (Å²) >= 11 is 0. The highest BCUT2D eigenvalue weighted by molar-refractivity contribution is 4.90. The number of hydrogen-bond donors (Lipinski definition) is 1. The van der Waals surface area contributed by atoms with Crippen molar-refractivity contribution in [1.82, 2.24) is 4.90 Å². The number of nitrogens with two attached hydrogens (primary N) is 1. The average molecular weight is 182 g/mol. The zero-order valence-electron chi connectivity index (χ0n) is 8.71. The predicted molar refractivity (Wildman–Crippen MR) is 55.5 cm³/mol. The molecule has 1 atom stereocenters. The first-order valence-corrected chi connectivity index (χ1v) is 5.71. The van der Waals surface area contributed by atoms with Crippen LogP contribution in [0.25, 0.3) is 0 Å². The minimum absolute atomic E-state index is 0.497. The SMILES string of the molecule is CN1CC(C(N)C2CCCCC2)C1. The minimum atomic E-state index is 0.497. The highest BCUT2D eigenvalue weighted by Gasteiger charge is 2.33. The van der Waals surface area contributed by atoms with Gasteiger partial charge in [0.2, 0.25) is 0 Å². The van der Waals surface area contributed by atoms with Crippen molar-refractivity contribution in [2.24, 2.45) is 17.6 Å². The van der Waals surface area contributed by atoms with Crippen molar-refractivity contribution in [2.75, 3.05) is 20.1 Å². The molecule has 0 aromatic heterocycles. The Kier molecular flexibility index (Phi) is 2.89. The standard InChI is InChI=1S/C11H22N2/c1-13-7-10(8-13)11(12)9-5-3-2-4-6-9/h9-11H,2-8,12H2,1H3. The predicted octanol–water partition coefficient (Wildman–Crippen LogP) is 1.46. The third kappa shape index (κ3) is 2.05. The summed E-state index contributed by atoms with van der Waals surface area (Å²) in [6.07, 6.45) is 7.05. The minimum Gasteiger partial charge on any atom is -0.327 e. The fraction of sp³-hybridized carbons (Fsp3) is 1.00. The molecule has 1 aliphatic carbocycles. The van der Waals surface area contributed by atoms with E-state index in [1.807, 2.05) is 0 Å². The molecule has 2 fully saturated rings. The van der Waals surface area contributed by atoms with Crippen LogP contribution in [0.4, 0.5) is 0 Å². The Labute approximate surface area is 81.5 Å². The van der Waals surface area contributed by atoms with Crippen LogP contribution in [0.2, 0.25) is 0 Å². The second-order valence-electron chi connectivity index (χ2n) is 4.96. The fourth-order valence-corrected chi connectivity index (χ4v) is 2.89. The molecule has 76 valence electrons. The summed E-state index contributed by atoms with van der Waals surface area (Å²) in [5, 5.41) is 0. The van der Waals surface area contributed by atoms with Crippen LogP contribution >= 0.6 is 0 Å². The highest BCUT2D eigenvalue weighted by Crippen LogP contribution is 2.31. The van der Waals surface area contributed by atoms with Crippen molar-refractivity contribution < 1.29 is 0 Å². The molecule has 2 aliphatic rings. The van der Waals surface area contributed by atoms with E-state index in [2.05, 4.69) is 11.9 Å². The van der Waals surface area contributed by atoms with Crippen LogP contribution in [-0.2, 0) is 0 Å². The smallest absolute Gasteiger partial charge is 0.0120 e. The Morgan fingerprint density at radius 2 is 1.69 bits per heavy atom. The Hall–Kier alpha value is -0.0800. The first-order valence-electron chi connectivity index (χ1n) is 5.71. The van der Waals surface area contributed by atoms with Crippen molar-refractivity contribution in [1.29, 1.82) is 0 Å².